The van der Waals surface area contributed by atoms with Gasteiger partial charge in [0.1, 0.15) is 11.3 Å². The maximum atomic E-state index is 13.5. The van der Waals surface area contributed by atoms with Crippen LogP contribution in [-0.2, 0) is 0 Å². The molecular formula is C23H29N3O2S. The Morgan fingerprint density at radius 3 is 2.66 bits per heavy atom. The number of rotatable bonds is 8. The zero-order chi connectivity index (χ0) is 21.0. The minimum atomic E-state index is 0.00183. The minimum absolute atomic E-state index is 0.00183. The molecule has 0 spiro atoms. The maximum absolute atomic E-state index is 13.5. The summed E-state index contributed by atoms with van der Waals surface area (Å²) in [6.07, 6.45) is 0.873. The van der Waals surface area contributed by atoms with Gasteiger partial charge in [-0.15, -0.1) is 0 Å². The summed E-state index contributed by atoms with van der Waals surface area (Å²) in [7, 11) is 4.09. The molecule has 0 fully saturated rings. The van der Waals surface area contributed by atoms with Crippen molar-refractivity contribution in [3.8, 4) is 5.75 Å². The summed E-state index contributed by atoms with van der Waals surface area (Å²) in [5, 5.41) is 0.719. The van der Waals surface area contributed by atoms with E-state index in [-0.39, 0.29) is 5.91 Å². The van der Waals surface area contributed by atoms with Crippen molar-refractivity contribution >= 4 is 32.6 Å². The molecule has 154 valence electrons. The number of ether oxygens (including phenoxy) is 1. The van der Waals surface area contributed by atoms with Gasteiger partial charge in [0.05, 0.1) is 11.3 Å². The SMILES string of the molecule is CCOc1cccc2sc(N(CCCN(C)C)C(=O)c3cc(C)ccc3C)nc12. The molecular weight excluding hydrogens is 382 g/mol. The van der Waals surface area contributed by atoms with E-state index in [9.17, 15) is 4.79 Å². The van der Waals surface area contributed by atoms with Crippen LogP contribution in [0, 0.1) is 13.8 Å². The zero-order valence-electron chi connectivity index (χ0n) is 17.9. The molecule has 0 saturated carbocycles. The molecule has 0 N–H and O–H groups in total. The number of hydrogen-bond acceptors (Lipinski definition) is 5. The number of carbonyl (C=O) groups excluding carboxylic acids is 1. The standard InChI is InChI=1S/C23H29N3O2S/c1-6-28-19-9-7-10-20-21(19)24-23(29-20)26(14-8-13-25(4)5)22(27)18-15-16(2)11-12-17(18)3/h7,9-12,15H,6,8,13-14H2,1-5H3. The van der Waals surface area contributed by atoms with Crippen molar-refractivity contribution in [2.45, 2.75) is 27.2 Å². The summed E-state index contributed by atoms with van der Waals surface area (Å²) in [5.74, 6) is 0.766. The Morgan fingerprint density at radius 2 is 1.93 bits per heavy atom. The number of amides is 1. The van der Waals surface area contributed by atoms with E-state index in [1.54, 1.807) is 0 Å². The molecule has 0 aliphatic heterocycles. The van der Waals surface area contributed by atoms with Crippen LogP contribution in [0.15, 0.2) is 36.4 Å². The molecule has 0 aliphatic rings. The lowest BCUT2D eigenvalue weighted by Crippen LogP contribution is -2.34. The summed E-state index contributed by atoms with van der Waals surface area (Å²) in [4.78, 5) is 22.3. The molecule has 0 saturated heterocycles. The van der Waals surface area contributed by atoms with Crippen molar-refractivity contribution in [2.75, 3.05) is 38.7 Å². The van der Waals surface area contributed by atoms with Crippen molar-refractivity contribution in [3.05, 3.63) is 53.1 Å². The maximum Gasteiger partial charge on any atom is 0.260 e. The number of fused-ring (bicyclic) bond motifs is 1. The molecule has 1 amide bonds. The van der Waals surface area contributed by atoms with Gasteiger partial charge in [-0.25, -0.2) is 4.98 Å². The monoisotopic (exact) mass is 411 g/mol. The lowest BCUT2D eigenvalue weighted by molar-refractivity contribution is 0.0985. The van der Waals surface area contributed by atoms with Crippen LogP contribution in [-0.4, -0.2) is 49.6 Å². The number of thiazole rings is 1. The van der Waals surface area contributed by atoms with Crippen LogP contribution in [0.2, 0.25) is 0 Å². The van der Waals surface area contributed by atoms with Gasteiger partial charge in [0.2, 0.25) is 0 Å². The number of anilines is 1. The third kappa shape index (κ3) is 4.95. The first kappa shape index (κ1) is 21.3. The molecule has 3 rings (SSSR count). The van der Waals surface area contributed by atoms with E-state index in [0.29, 0.717) is 13.2 Å². The average molecular weight is 412 g/mol. The van der Waals surface area contributed by atoms with Gasteiger partial charge in [-0.1, -0.05) is 35.1 Å². The quantitative estimate of drug-likeness (QED) is 0.528. The van der Waals surface area contributed by atoms with Crippen LogP contribution < -0.4 is 9.64 Å². The smallest absolute Gasteiger partial charge is 0.260 e. The van der Waals surface area contributed by atoms with Crippen molar-refractivity contribution in [3.63, 3.8) is 0 Å². The van der Waals surface area contributed by atoms with Gasteiger partial charge in [-0.3, -0.25) is 9.69 Å². The van der Waals surface area contributed by atoms with Gasteiger partial charge < -0.3 is 9.64 Å². The first-order valence-electron chi connectivity index (χ1n) is 9.97. The molecule has 0 atom stereocenters. The third-order valence-corrected chi connectivity index (χ3v) is 5.80. The summed E-state index contributed by atoms with van der Waals surface area (Å²) < 4.78 is 6.76. The molecule has 3 aromatic rings. The summed E-state index contributed by atoms with van der Waals surface area (Å²) in [6, 6.07) is 11.9. The second-order valence-corrected chi connectivity index (χ2v) is 8.47. The summed E-state index contributed by atoms with van der Waals surface area (Å²) in [5.41, 5.74) is 3.62. The first-order chi connectivity index (χ1) is 13.9. The lowest BCUT2D eigenvalue weighted by Gasteiger charge is -2.22. The van der Waals surface area contributed by atoms with Gasteiger partial charge in [0.25, 0.3) is 5.91 Å². The van der Waals surface area contributed by atoms with Crippen LogP contribution in [0.1, 0.15) is 34.8 Å². The number of para-hydroxylation sites is 1. The summed E-state index contributed by atoms with van der Waals surface area (Å²) >= 11 is 1.54. The molecule has 5 nitrogen and oxygen atoms in total. The van der Waals surface area contributed by atoms with E-state index < -0.39 is 0 Å². The van der Waals surface area contributed by atoms with Crippen LogP contribution in [0.5, 0.6) is 5.75 Å². The van der Waals surface area contributed by atoms with Gasteiger partial charge >= 0.3 is 0 Å². The normalized spacial score (nSPS) is 11.2. The Kier molecular flexibility index (Phi) is 6.87. The largest absolute Gasteiger partial charge is 0.492 e. The Morgan fingerprint density at radius 1 is 1.14 bits per heavy atom. The lowest BCUT2D eigenvalue weighted by atomic mass is 10.0. The molecule has 0 bridgehead atoms. The fraction of sp³-hybridized carbons (Fsp3) is 0.391. The van der Waals surface area contributed by atoms with E-state index in [4.69, 9.17) is 9.72 Å². The second kappa shape index (κ2) is 9.37. The number of nitrogens with zero attached hydrogens (tertiary/aromatic N) is 3. The fourth-order valence-corrected chi connectivity index (χ4v) is 4.25. The van der Waals surface area contributed by atoms with Crippen molar-refractivity contribution in [1.82, 2.24) is 9.88 Å². The van der Waals surface area contributed by atoms with Gasteiger partial charge in [-0.05, 0) is 71.6 Å². The highest BCUT2D eigenvalue weighted by molar-refractivity contribution is 7.22. The molecule has 1 aromatic heterocycles. The number of benzene rings is 2. The Labute approximate surface area is 176 Å². The topological polar surface area (TPSA) is 45.7 Å². The highest BCUT2D eigenvalue weighted by Crippen LogP contribution is 2.35. The zero-order valence-corrected chi connectivity index (χ0v) is 18.7. The Balaban J connectivity index is 2.01. The van der Waals surface area contributed by atoms with E-state index in [0.717, 1.165) is 50.8 Å². The molecule has 6 heteroatoms. The van der Waals surface area contributed by atoms with E-state index in [2.05, 4.69) is 4.90 Å². The van der Waals surface area contributed by atoms with Crippen LogP contribution >= 0.6 is 11.3 Å². The minimum Gasteiger partial charge on any atom is -0.492 e. The second-order valence-electron chi connectivity index (χ2n) is 7.46. The molecule has 29 heavy (non-hydrogen) atoms. The number of carbonyl (C=O) groups is 1. The molecule has 0 radical (unpaired) electrons. The predicted octanol–water partition coefficient (Wildman–Crippen LogP) is 4.91. The van der Waals surface area contributed by atoms with E-state index in [1.807, 2.05) is 76.2 Å². The third-order valence-electron chi connectivity index (χ3n) is 4.76. The highest BCUT2D eigenvalue weighted by atomic mass is 32.1. The molecule has 2 aromatic carbocycles. The first-order valence-corrected chi connectivity index (χ1v) is 10.8. The molecule has 0 aliphatic carbocycles. The number of aromatic nitrogens is 1. The van der Waals surface area contributed by atoms with Crippen LogP contribution in [0.3, 0.4) is 0 Å². The predicted molar refractivity (Wildman–Crippen MR) is 122 cm³/mol. The molecule has 1 heterocycles. The number of hydrogen-bond donors (Lipinski definition) is 0. The Bertz CT molecular complexity index is 997. The van der Waals surface area contributed by atoms with Crippen molar-refractivity contribution < 1.29 is 9.53 Å². The van der Waals surface area contributed by atoms with Crippen LogP contribution in [0.25, 0.3) is 10.2 Å². The van der Waals surface area contributed by atoms with Crippen LogP contribution in [0.4, 0.5) is 5.13 Å². The van der Waals surface area contributed by atoms with E-state index in [1.165, 1.54) is 11.3 Å². The van der Waals surface area contributed by atoms with Gasteiger partial charge in [0, 0.05) is 12.1 Å². The van der Waals surface area contributed by atoms with E-state index >= 15 is 0 Å². The fourth-order valence-electron chi connectivity index (χ4n) is 3.24. The van der Waals surface area contributed by atoms with Crippen molar-refractivity contribution in [2.24, 2.45) is 0 Å². The Hall–Kier alpha value is -2.44. The average Bonchev–Trinajstić information content (AvgIpc) is 3.11. The number of aryl methyl sites for hydroxylation is 2. The van der Waals surface area contributed by atoms with Gasteiger partial charge in [-0.2, -0.15) is 0 Å². The molecule has 0 unspecified atom stereocenters. The van der Waals surface area contributed by atoms with Gasteiger partial charge in [0.15, 0.2) is 5.13 Å². The highest BCUT2D eigenvalue weighted by Gasteiger charge is 2.23. The summed E-state index contributed by atoms with van der Waals surface area (Å²) in [6.45, 7) is 8.07. The van der Waals surface area contributed by atoms with Crippen molar-refractivity contribution in [1.29, 1.82) is 0 Å².